The van der Waals surface area contributed by atoms with Crippen LogP contribution in [-0.2, 0) is 4.79 Å². The summed E-state index contributed by atoms with van der Waals surface area (Å²) in [5.74, 6) is 2.22. The Morgan fingerprint density at radius 1 is 1.35 bits per heavy atom. The molecule has 0 atom stereocenters. The molecule has 0 heterocycles. The summed E-state index contributed by atoms with van der Waals surface area (Å²) in [6, 6.07) is 7.52. The molecule has 0 bridgehead atoms. The number of benzene rings is 1. The van der Waals surface area contributed by atoms with Gasteiger partial charge in [-0.3, -0.25) is 4.79 Å². The normalized spacial score (nSPS) is 10.6. The lowest BCUT2D eigenvalue weighted by molar-refractivity contribution is -0.113. The van der Waals surface area contributed by atoms with Crippen LogP contribution in [0.5, 0.6) is 5.75 Å². The molecule has 20 heavy (non-hydrogen) atoms. The second kappa shape index (κ2) is 9.66. The predicted octanol–water partition coefficient (Wildman–Crippen LogP) is 2.71. The maximum absolute atomic E-state index is 11.9. The van der Waals surface area contributed by atoms with E-state index in [1.54, 1.807) is 11.8 Å². The molecule has 5 heteroatoms. The minimum Gasteiger partial charge on any atom is -0.492 e. The summed E-state index contributed by atoms with van der Waals surface area (Å²) < 4.78 is 5.48. The highest BCUT2D eigenvalue weighted by atomic mass is 32.2. The minimum absolute atomic E-state index is 0.0204. The first-order valence-corrected chi connectivity index (χ1v) is 8.03. The number of anilines is 1. The number of hydrogen-bond acceptors (Lipinski definition) is 4. The highest BCUT2D eigenvalue weighted by Crippen LogP contribution is 2.23. The summed E-state index contributed by atoms with van der Waals surface area (Å²) >= 11 is 1.66. The van der Waals surface area contributed by atoms with Crippen molar-refractivity contribution in [3.63, 3.8) is 0 Å². The van der Waals surface area contributed by atoms with Crippen molar-refractivity contribution in [1.29, 1.82) is 0 Å². The summed E-state index contributed by atoms with van der Waals surface area (Å²) in [6.07, 6.45) is 1.10. The maximum Gasteiger partial charge on any atom is 0.234 e. The van der Waals surface area contributed by atoms with Gasteiger partial charge >= 0.3 is 0 Å². The number of para-hydroxylation sites is 2. The van der Waals surface area contributed by atoms with Gasteiger partial charge in [-0.1, -0.05) is 12.1 Å². The van der Waals surface area contributed by atoms with Gasteiger partial charge in [0.1, 0.15) is 5.75 Å². The third-order valence-corrected chi connectivity index (χ3v) is 3.63. The van der Waals surface area contributed by atoms with E-state index in [-0.39, 0.29) is 5.91 Å². The van der Waals surface area contributed by atoms with Gasteiger partial charge in [0, 0.05) is 0 Å². The van der Waals surface area contributed by atoms with E-state index < -0.39 is 0 Å². The fraction of sp³-hybridized carbons (Fsp3) is 0.533. The molecule has 0 aliphatic rings. The van der Waals surface area contributed by atoms with E-state index in [9.17, 15) is 4.79 Å². The lowest BCUT2D eigenvalue weighted by atomic mass is 10.3. The van der Waals surface area contributed by atoms with Crippen molar-refractivity contribution in [2.75, 3.05) is 44.1 Å². The second-order valence-electron chi connectivity index (χ2n) is 4.69. The van der Waals surface area contributed by atoms with Crippen LogP contribution in [0.1, 0.15) is 13.3 Å². The number of carbonyl (C=O) groups is 1. The number of thioether (sulfide) groups is 1. The molecule has 0 aliphatic carbocycles. The molecule has 1 amide bonds. The standard InChI is InChI=1S/C15H24N2O2S/c1-4-19-14-9-6-5-8-13(14)16-15(18)12-20-11-7-10-17(2)3/h5-6,8-9H,4,7,10-12H2,1-3H3,(H,16,18). The molecule has 4 nitrogen and oxygen atoms in total. The molecule has 1 aromatic rings. The summed E-state index contributed by atoms with van der Waals surface area (Å²) in [5, 5.41) is 2.90. The van der Waals surface area contributed by atoms with Crippen molar-refractivity contribution >= 4 is 23.4 Å². The molecule has 0 saturated carbocycles. The first-order valence-electron chi connectivity index (χ1n) is 6.87. The zero-order chi connectivity index (χ0) is 14.8. The summed E-state index contributed by atoms with van der Waals surface area (Å²) in [5.41, 5.74) is 0.744. The Morgan fingerprint density at radius 2 is 2.10 bits per heavy atom. The van der Waals surface area contributed by atoms with Crippen LogP contribution < -0.4 is 10.1 Å². The van der Waals surface area contributed by atoms with Gasteiger partial charge in [0.15, 0.2) is 0 Å². The zero-order valence-corrected chi connectivity index (χ0v) is 13.3. The molecule has 1 aromatic carbocycles. The van der Waals surface area contributed by atoms with Gasteiger partial charge in [-0.05, 0) is 51.9 Å². The molecule has 0 aliphatic heterocycles. The number of ether oxygens (including phenoxy) is 1. The van der Waals surface area contributed by atoms with Crippen molar-refractivity contribution in [3.05, 3.63) is 24.3 Å². The fourth-order valence-corrected chi connectivity index (χ4v) is 2.42. The third kappa shape index (κ3) is 6.82. The number of rotatable bonds is 9. The van der Waals surface area contributed by atoms with Gasteiger partial charge < -0.3 is 15.0 Å². The summed E-state index contributed by atoms with van der Waals surface area (Å²) in [4.78, 5) is 14.0. The summed E-state index contributed by atoms with van der Waals surface area (Å²) in [7, 11) is 4.12. The smallest absolute Gasteiger partial charge is 0.234 e. The Morgan fingerprint density at radius 3 is 2.80 bits per heavy atom. The zero-order valence-electron chi connectivity index (χ0n) is 12.5. The van der Waals surface area contributed by atoms with Crippen molar-refractivity contribution in [2.24, 2.45) is 0 Å². The summed E-state index contributed by atoms with van der Waals surface area (Å²) in [6.45, 7) is 3.58. The molecule has 0 fully saturated rings. The molecule has 1 rings (SSSR count). The highest BCUT2D eigenvalue weighted by Gasteiger charge is 2.07. The van der Waals surface area contributed by atoms with Crippen LogP contribution in [0.3, 0.4) is 0 Å². The average Bonchev–Trinajstić information content (AvgIpc) is 2.40. The Balaban J connectivity index is 2.31. The third-order valence-electron chi connectivity index (χ3n) is 2.59. The van der Waals surface area contributed by atoms with E-state index in [4.69, 9.17) is 4.74 Å². The van der Waals surface area contributed by atoms with Gasteiger partial charge in [-0.2, -0.15) is 11.8 Å². The Hall–Kier alpha value is -1.20. The number of carbonyl (C=O) groups excluding carboxylic acids is 1. The van der Waals surface area contributed by atoms with Gasteiger partial charge in [0.2, 0.25) is 5.91 Å². The minimum atomic E-state index is 0.0204. The number of nitrogens with one attached hydrogen (secondary N) is 1. The number of hydrogen-bond donors (Lipinski definition) is 1. The highest BCUT2D eigenvalue weighted by molar-refractivity contribution is 7.99. The van der Waals surface area contributed by atoms with Gasteiger partial charge in [0.25, 0.3) is 0 Å². The average molecular weight is 296 g/mol. The van der Waals surface area contributed by atoms with Crippen LogP contribution in [-0.4, -0.2) is 49.6 Å². The Labute approximate surface area is 125 Å². The molecule has 112 valence electrons. The monoisotopic (exact) mass is 296 g/mol. The molecule has 1 N–H and O–H groups in total. The Bertz CT molecular complexity index is 411. The lowest BCUT2D eigenvalue weighted by Crippen LogP contribution is -2.16. The van der Waals surface area contributed by atoms with Crippen LogP contribution in [0, 0.1) is 0 Å². The van der Waals surface area contributed by atoms with Crippen molar-refractivity contribution < 1.29 is 9.53 Å². The molecule has 0 unspecified atom stereocenters. The predicted molar refractivity (Wildman–Crippen MR) is 86.7 cm³/mol. The molecule has 0 spiro atoms. The van der Waals surface area contributed by atoms with Gasteiger partial charge in [-0.15, -0.1) is 0 Å². The van der Waals surface area contributed by atoms with E-state index in [1.165, 1.54) is 0 Å². The molecular weight excluding hydrogens is 272 g/mol. The van der Waals surface area contributed by atoms with Crippen LogP contribution in [0.15, 0.2) is 24.3 Å². The van der Waals surface area contributed by atoms with E-state index in [0.29, 0.717) is 12.4 Å². The lowest BCUT2D eigenvalue weighted by Gasteiger charge is -2.11. The maximum atomic E-state index is 11.9. The van der Waals surface area contributed by atoms with Gasteiger partial charge in [-0.25, -0.2) is 0 Å². The second-order valence-corrected chi connectivity index (χ2v) is 5.79. The van der Waals surface area contributed by atoms with Crippen molar-refractivity contribution in [2.45, 2.75) is 13.3 Å². The number of amides is 1. The van der Waals surface area contributed by atoms with E-state index in [0.717, 1.165) is 30.2 Å². The molecule has 0 saturated heterocycles. The topological polar surface area (TPSA) is 41.6 Å². The quantitative estimate of drug-likeness (QED) is 0.711. The van der Waals surface area contributed by atoms with Crippen LogP contribution in [0.25, 0.3) is 0 Å². The largest absolute Gasteiger partial charge is 0.492 e. The van der Waals surface area contributed by atoms with Crippen molar-refractivity contribution in [3.8, 4) is 5.75 Å². The SMILES string of the molecule is CCOc1ccccc1NC(=O)CSCCCN(C)C. The Kier molecular flexibility index (Phi) is 8.14. The number of nitrogens with zero attached hydrogens (tertiary/aromatic N) is 1. The fourth-order valence-electron chi connectivity index (χ4n) is 1.69. The van der Waals surface area contributed by atoms with E-state index >= 15 is 0 Å². The molecule has 0 aromatic heterocycles. The van der Waals surface area contributed by atoms with E-state index in [2.05, 4.69) is 24.3 Å². The first kappa shape index (κ1) is 16.9. The van der Waals surface area contributed by atoms with Gasteiger partial charge in [0.05, 0.1) is 18.0 Å². The first-order chi connectivity index (χ1) is 9.63. The van der Waals surface area contributed by atoms with Crippen LogP contribution in [0.4, 0.5) is 5.69 Å². The molecular formula is C15H24N2O2S. The molecule has 0 radical (unpaired) electrons. The van der Waals surface area contributed by atoms with Crippen LogP contribution >= 0.6 is 11.8 Å². The van der Waals surface area contributed by atoms with Crippen LogP contribution in [0.2, 0.25) is 0 Å². The van der Waals surface area contributed by atoms with E-state index in [1.807, 2.05) is 31.2 Å². The van der Waals surface area contributed by atoms with Crippen molar-refractivity contribution in [1.82, 2.24) is 4.90 Å².